The van der Waals surface area contributed by atoms with Crippen molar-refractivity contribution < 1.29 is 19.4 Å². The highest BCUT2D eigenvalue weighted by Crippen LogP contribution is 2.28. The molecule has 1 atom stereocenters. The zero-order valence-corrected chi connectivity index (χ0v) is 13.0. The minimum Gasteiger partial charge on any atom is -0.490 e. The second-order valence-electron chi connectivity index (χ2n) is 4.92. The molecule has 1 amide bonds. The smallest absolute Gasteiger partial charge is 0.258 e. The molecule has 1 aromatic rings. The Labute approximate surface area is 126 Å². The average molecular weight is 295 g/mol. The largest absolute Gasteiger partial charge is 0.490 e. The van der Waals surface area contributed by atoms with Crippen LogP contribution in [0.1, 0.15) is 39.2 Å². The summed E-state index contributed by atoms with van der Waals surface area (Å²) in [5.41, 5.74) is 0.742. The fourth-order valence-electron chi connectivity index (χ4n) is 2.00. The monoisotopic (exact) mass is 295 g/mol. The molecule has 5 nitrogen and oxygen atoms in total. The minimum absolute atomic E-state index is 0.0490. The Hall–Kier alpha value is -1.75. The second kappa shape index (κ2) is 9.23. The number of carbonyl (C=O) groups excluding carboxylic acids is 1. The second-order valence-corrected chi connectivity index (χ2v) is 4.92. The Morgan fingerprint density at radius 1 is 1.29 bits per heavy atom. The third-order valence-corrected chi connectivity index (χ3v) is 2.98. The first kappa shape index (κ1) is 17.3. The number of hydrogen-bond acceptors (Lipinski definition) is 4. The molecule has 2 N–H and O–H groups in total. The maximum atomic E-state index is 11.8. The van der Waals surface area contributed by atoms with Crippen molar-refractivity contribution in [2.24, 2.45) is 0 Å². The zero-order valence-electron chi connectivity index (χ0n) is 13.0. The van der Waals surface area contributed by atoms with E-state index in [0.717, 1.165) is 18.4 Å². The quantitative estimate of drug-likeness (QED) is 0.733. The summed E-state index contributed by atoms with van der Waals surface area (Å²) in [6.07, 6.45) is 1.97. The first-order chi connectivity index (χ1) is 10.1. The van der Waals surface area contributed by atoms with E-state index >= 15 is 0 Å². The standard InChI is InChI=1S/C16H25NO4/c1-4-6-12(3)17-16(19)11-21-14-8-7-13(10-18)9-15(14)20-5-2/h7-9,12,18H,4-6,10-11H2,1-3H3,(H,17,19). The number of nitrogens with one attached hydrogen (secondary N) is 1. The van der Waals surface area contributed by atoms with E-state index in [0.29, 0.717) is 18.1 Å². The van der Waals surface area contributed by atoms with E-state index in [4.69, 9.17) is 14.6 Å². The summed E-state index contributed by atoms with van der Waals surface area (Å²) < 4.78 is 11.0. The van der Waals surface area contributed by atoms with Crippen LogP contribution in [-0.4, -0.2) is 30.3 Å². The van der Waals surface area contributed by atoms with Crippen LogP contribution in [-0.2, 0) is 11.4 Å². The van der Waals surface area contributed by atoms with Gasteiger partial charge in [-0.15, -0.1) is 0 Å². The topological polar surface area (TPSA) is 67.8 Å². The van der Waals surface area contributed by atoms with Crippen molar-refractivity contribution in [1.29, 1.82) is 0 Å². The first-order valence-corrected chi connectivity index (χ1v) is 7.39. The molecular formula is C16H25NO4. The van der Waals surface area contributed by atoms with E-state index < -0.39 is 0 Å². The molecule has 5 heteroatoms. The Morgan fingerprint density at radius 3 is 2.67 bits per heavy atom. The van der Waals surface area contributed by atoms with Crippen LogP contribution in [0.2, 0.25) is 0 Å². The van der Waals surface area contributed by atoms with E-state index in [-0.39, 0.29) is 25.2 Å². The van der Waals surface area contributed by atoms with Gasteiger partial charge in [0.1, 0.15) is 0 Å². The van der Waals surface area contributed by atoms with E-state index in [2.05, 4.69) is 12.2 Å². The van der Waals surface area contributed by atoms with E-state index in [9.17, 15) is 4.79 Å². The van der Waals surface area contributed by atoms with Gasteiger partial charge in [0, 0.05) is 6.04 Å². The molecule has 0 bridgehead atoms. The molecule has 0 spiro atoms. The van der Waals surface area contributed by atoms with Gasteiger partial charge in [0.05, 0.1) is 13.2 Å². The molecule has 0 aromatic heterocycles. The number of ether oxygens (including phenoxy) is 2. The van der Waals surface area contributed by atoms with Gasteiger partial charge < -0.3 is 19.9 Å². The van der Waals surface area contributed by atoms with Gasteiger partial charge >= 0.3 is 0 Å². The molecule has 0 aliphatic heterocycles. The number of aliphatic hydroxyl groups excluding tert-OH is 1. The molecule has 0 radical (unpaired) electrons. The predicted molar refractivity (Wildman–Crippen MR) is 81.5 cm³/mol. The molecule has 21 heavy (non-hydrogen) atoms. The summed E-state index contributed by atoms with van der Waals surface area (Å²) in [4.78, 5) is 11.8. The number of rotatable bonds is 9. The Kier molecular flexibility index (Phi) is 7.61. The lowest BCUT2D eigenvalue weighted by molar-refractivity contribution is -0.123. The predicted octanol–water partition coefficient (Wildman–Crippen LogP) is 2.26. The Balaban J connectivity index is 2.59. The fourth-order valence-corrected chi connectivity index (χ4v) is 2.00. The van der Waals surface area contributed by atoms with E-state index in [1.165, 1.54) is 0 Å². The lowest BCUT2D eigenvalue weighted by Gasteiger charge is -2.15. The van der Waals surface area contributed by atoms with Crippen molar-refractivity contribution >= 4 is 5.91 Å². The highest BCUT2D eigenvalue weighted by atomic mass is 16.5. The maximum Gasteiger partial charge on any atom is 0.258 e. The van der Waals surface area contributed by atoms with Gasteiger partial charge in [-0.05, 0) is 38.0 Å². The van der Waals surface area contributed by atoms with Gasteiger partial charge in [-0.25, -0.2) is 0 Å². The molecule has 1 rings (SSSR count). The summed E-state index contributed by atoms with van der Waals surface area (Å²) in [6, 6.07) is 5.32. The number of hydrogen-bond donors (Lipinski definition) is 2. The van der Waals surface area contributed by atoms with Crippen molar-refractivity contribution in [3.05, 3.63) is 23.8 Å². The van der Waals surface area contributed by atoms with Crippen LogP contribution in [0.15, 0.2) is 18.2 Å². The van der Waals surface area contributed by atoms with Crippen LogP contribution in [0.5, 0.6) is 11.5 Å². The third-order valence-electron chi connectivity index (χ3n) is 2.98. The van der Waals surface area contributed by atoms with Crippen LogP contribution >= 0.6 is 0 Å². The highest BCUT2D eigenvalue weighted by molar-refractivity contribution is 5.77. The van der Waals surface area contributed by atoms with Gasteiger partial charge in [-0.3, -0.25) is 4.79 Å². The van der Waals surface area contributed by atoms with Crippen LogP contribution in [0.25, 0.3) is 0 Å². The Bertz CT molecular complexity index is 448. The van der Waals surface area contributed by atoms with Crippen LogP contribution < -0.4 is 14.8 Å². The van der Waals surface area contributed by atoms with E-state index in [1.807, 2.05) is 13.8 Å². The Morgan fingerprint density at radius 2 is 2.05 bits per heavy atom. The summed E-state index contributed by atoms with van der Waals surface area (Å²) in [7, 11) is 0. The lowest BCUT2D eigenvalue weighted by Crippen LogP contribution is -2.35. The summed E-state index contributed by atoms with van der Waals surface area (Å²) >= 11 is 0. The summed E-state index contributed by atoms with van der Waals surface area (Å²) in [5, 5.41) is 12.0. The average Bonchev–Trinajstić information content (AvgIpc) is 2.46. The van der Waals surface area contributed by atoms with Crippen LogP contribution in [0, 0.1) is 0 Å². The zero-order chi connectivity index (χ0) is 15.7. The van der Waals surface area contributed by atoms with Gasteiger partial charge in [-0.1, -0.05) is 19.4 Å². The van der Waals surface area contributed by atoms with Gasteiger partial charge in [0.25, 0.3) is 5.91 Å². The molecule has 0 aliphatic rings. The SMILES string of the molecule is CCCC(C)NC(=O)COc1ccc(CO)cc1OCC. The van der Waals surface area contributed by atoms with Crippen molar-refractivity contribution in [2.45, 2.75) is 46.3 Å². The molecule has 0 saturated carbocycles. The number of aliphatic hydroxyl groups is 1. The van der Waals surface area contributed by atoms with Gasteiger partial charge in [-0.2, -0.15) is 0 Å². The molecule has 0 saturated heterocycles. The molecular weight excluding hydrogens is 270 g/mol. The van der Waals surface area contributed by atoms with Crippen molar-refractivity contribution in [2.75, 3.05) is 13.2 Å². The normalized spacial score (nSPS) is 11.8. The molecule has 1 unspecified atom stereocenters. The minimum atomic E-state index is -0.148. The fraction of sp³-hybridized carbons (Fsp3) is 0.562. The molecule has 0 fully saturated rings. The van der Waals surface area contributed by atoms with Crippen LogP contribution in [0.4, 0.5) is 0 Å². The lowest BCUT2D eigenvalue weighted by atomic mass is 10.2. The van der Waals surface area contributed by atoms with Crippen molar-refractivity contribution in [3.8, 4) is 11.5 Å². The summed E-state index contributed by atoms with van der Waals surface area (Å²) in [6.45, 7) is 6.31. The van der Waals surface area contributed by atoms with Crippen LogP contribution in [0.3, 0.4) is 0 Å². The summed E-state index contributed by atoms with van der Waals surface area (Å²) in [5.74, 6) is 0.899. The molecule has 0 aliphatic carbocycles. The van der Waals surface area contributed by atoms with Gasteiger partial charge in [0.15, 0.2) is 18.1 Å². The van der Waals surface area contributed by atoms with Gasteiger partial charge in [0.2, 0.25) is 0 Å². The number of carbonyl (C=O) groups is 1. The molecule has 118 valence electrons. The van der Waals surface area contributed by atoms with Crippen molar-refractivity contribution in [1.82, 2.24) is 5.32 Å². The number of amides is 1. The van der Waals surface area contributed by atoms with E-state index in [1.54, 1.807) is 18.2 Å². The first-order valence-electron chi connectivity index (χ1n) is 7.39. The third kappa shape index (κ3) is 6.04. The maximum absolute atomic E-state index is 11.8. The molecule has 1 aromatic carbocycles. The highest BCUT2D eigenvalue weighted by Gasteiger charge is 2.10. The molecule has 0 heterocycles. The van der Waals surface area contributed by atoms with Crippen molar-refractivity contribution in [3.63, 3.8) is 0 Å². The number of benzene rings is 1.